The summed E-state index contributed by atoms with van der Waals surface area (Å²) in [6, 6.07) is 0. The first-order valence-electron chi connectivity index (χ1n) is 10.5. The molecule has 0 aromatic heterocycles. The molecule has 25 heavy (non-hydrogen) atoms. The first-order chi connectivity index (χ1) is 11.3. The molecule has 5 fully saturated rings. The van der Waals surface area contributed by atoms with Gasteiger partial charge in [-0.15, -0.1) is 0 Å². The molecule has 4 aliphatic carbocycles. The minimum absolute atomic E-state index is 0.354. The van der Waals surface area contributed by atoms with E-state index in [9.17, 15) is 0 Å². The van der Waals surface area contributed by atoms with Gasteiger partial charge in [-0.3, -0.25) is 0 Å². The van der Waals surface area contributed by atoms with Crippen LogP contribution >= 0.6 is 20.0 Å². The van der Waals surface area contributed by atoms with Gasteiger partial charge in [-0.05, 0) is 0 Å². The van der Waals surface area contributed by atoms with Crippen molar-refractivity contribution >= 4 is 47.8 Å². The van der Waals surface area contributed by atoms with Gasteiger partial charge in [0.25, 0.3) is 0 Å². The minimum atomic E-state index is -3.15. The molecule has 1 aliphatic heterocycles. The molecule has 0 aromatic carbocycles. The van der Waals surface area contributed by atoms with E-state index in [-0.39, 0.29) is 0 Å². The summed E-state index contributed by atoms with van der Waals surface area (Å²) in [6.07, 6.45) is 10.1. The molecule has 4 saturated carbocycles. The van der Waals surface area contributed by atoms with Crippen LogP contribution in [0, 0.1) is 17.8 Å². The second kappa shape index (κ2) is 5.78. The molecule has 0 atom stereocenters. The SMILES string of the molecule is C[Si](C)(C)[C]1([Si](C)(C)C)CC[N](C23CC4CC(CC(C4)C2)C3)[Ge]1([Cl])[Cl]. The fraction of sp³-hybridized carbons (Fsp3) is 1.00. The van der Waals surface area contributed by atoms with Crippen LogP contribution in [0.15, 0.2) is 0 Å². The number of rotatable bonds is 3. The van der Waals surface area contributed by atoms with E-state index in [0.29, 0.717) is 9.03 Å². The Hall–Kier alpha value is 1.52. The van der Waals surface area contributed by atoms with E-state index >= 15 is 0 Å². The molecule has 0 amide bonds. The van der Waals surface area contributed by atoms with E-state index in [0.717, 1.165) is 17.8 Å². The summed E-state index contributed by atoms with van der Waals surface area (Å²) in [6.45, 7) is 16.6. The van der Waals surface area contributed by atoms with E-state index < -0.39 is 27.8 Å². The van der Waals surface area contributed by atoms with E-state index in [2.05, 4.69) is 43.1 Å². The predicted molar refractivity (Wildman–Crippen MR) is 119 cm³/mol. The monoisotopic (exact) mass is 479 g/mol. The van der Waals surface area contributed by atoms with Crippen molar-refractivity contribution < 1.29 is 0 Å². The Kier molecular flexibility index (Phi) is 4.58. The maximum absolute atomic E-state index is 7.71. The Bertz CT molecular complexity index is 517. The van der Waals surface area contributed by atoms with Gasteiger partial charge in [-0.1, -0.05) is 0 Å². The van der Waals surface area contributed by atoms with Gasteiger partial charge in [-0.2, -0.15) is 0 Å². The van der Waals surface area contributed by atoms with Crippen LogP contribution in [0.4, 0.5) is 0 Å². The number of hydrogen-bond donors (Lipinski definition) is 0. The molecular formula is C19H37Cl2GeNSi2. The number of halogens is 2. The third-order valence-electron chi connectivity index (χ3n) is 8.70. The Morgan fingerprint density at radius 2 is 1.20 bits per heavy atom. The molecule has 0 unspecified atom stereocenters. The summed E-state index contributed by atoms with van der Waals surface area (Å²) in [5.74, 6) is 2.93. The average Bonchev–Trinajstić information content (AvgIpc) is 2.68. The quantitative estimate of drug-likeness (QED) is 0.414. The number of hydrogen-bond acceptors (Lipinski definition) is 1. The fourth-order valence-electron chi connectivity index (χ4n) is 8.51. The van der Waals surface area contributed by atoms with E-state index in [4.69, 9.17) is 20.0 Å². The zero-order valence-electron chi connectivity index (χ0n) is 17.1. The van der Waals surface area contributed by atoms with E-state index in [1.54, 1.807) is 0 Å². The molecule has 1 nitrogen and oxygen atoms in total. The van der Waals surface area contributed by atoms with Gasteiger partial charge < -0.3 is 0 Å². The van der Waals surface area contributed by atoms with Crippen LogP contribution in [0.3, 0.4) is 0 Å². The molecule has 0 spiro atoms. The zero-order chi connectivity index (χ0) is 18.5. The topological polar surface area (TPSA) is 3.24 Å². The van der Waals surface area contributed by atoms with Gasteiger partial charge in [0.1, 0.15) is 0 Å². The molecule has 4 bridgehead atoms. The Morgan fingerprint density at radius 3 is 1.52 bits per heavy atom. The summed E-state index contributed by atoms with van der Waals surface area (Å²) in [5.41, 5.74) is 0.402. The first kappa shape index (κ1) is 19.8. The van der Waals surface area contributed by atoms with Crippen LogP contribution in [-0.2, 0) is 0 Å². The van der Waals surface area contributed by atoms with Crippen molar-refractivity contribution in [1.82, 2.24) is 3.86 Å². The van der Waals surface area contributed by atoms with Gasteiger partial charge in [0.05, 0.1) is 0 Å². The van der Waals surface area contributed by atoms with E-state index in [1.165, 1.54) is 51.5 Å². The van der Waals surface area contributed by atoms with Crippen molar-refractivity contribution in [2.45, 2.75) is 93.3 Å². The fourth-order valence-corrected chi connectivity index (χ4v) is 59.7. The van der Waals surface area contributed by atoms with E-state index in [1.807, 2.05) is 0 Å². The van der Waals surface area contributed by atoms with Gasteiger partial charge in [0.15, 0.2) is 0 Å². The van der Waals surface area contributed by atoms with Crippen molar-refractivity contribution in [2.24, 2.45) is 17.8 Å². The van der Waals surface area contributed by atoms with Crippen molar-refractivity contribution in [2.75, 3.05) is 6.54 Å². The normalized spacial score (nSPS) is 43.0. The van der Waals surface area contributed by atoms with Crippen LogP contribution in [0.2, 0.25) is 42.8 Å². The molecular weight excluding hydrogens is 442 g/mol. The predicted octanol–water partition coefficient (Wildman–Crippen LogP) is 6.57. The van der Waals surface area contributed by atoms with Gasteiger partial charge in [0, 0.05) is 0 Å². The van der Waals surface area contributed by atoms with Crippen LogP contribution in [-0.4, -0.2) is 43.7 Å². The first-order valence-corrected chi connectivity index (χ1v) is 25.0. The molecule has 5 aliphatic rings. The van der Waals surface area contributed by atoms with Crippen molar-refractivity contribution in [3.63, 3.8) is 0 Å². The third kappa shape index (κ3) is 2.61. The standard InChI is InChI=1S/C19H37Cl2GeNSi2/c1-24(2,3)19(25(4,5)6)7-8-23(22(19,20)21)18-12-15-9-16(13-18)11-17(10-15)14-18/h15-17H,7-14H2,1-6H3. The Morgan fingerprint density at radius 1 is 0.800 bits per heavy atom. The van der Waals surface area contributed by atoms with Crippen molar-refractivity contribution in [3.8, 4) is 0 Å². The van der Waals surface area contributed by atoms with Gasteiger partial charge in [-0.25, -0.2) is 0 Å². The summed E-state index contributed by atoms with van der Waals surface area (Å²) in [4.78, 5) is 0. The summed E-state index contributed by atoms with van der Waals surface area (Å²) < 4.78 is 3.23. The molecule has 5 rings (SSSR count). The molecule has 0 radical (unpaired) electrons. The summed E-state index contributed by atoms with van der Waals surface area (Å²) in [5, 5.41) is 0. The molecule has 144 valence electrons. The zero-order valence-corrected chi connectivity index (χ0v) is 22.7. The molecule has 6 heteroatoms. The van der Waals surface area contributed by atoms with Gasteiger partial charge in [0.2, 0.25) is 0 Å². The molecule has 0 aromatic rings. The molecule has 0 N–H and O–H groups in total. The average molecular weight is 479 g/mol. The van der Waals surface area contributed by atoms with Crippen LogP contribution in [0.5, 0.6) is 0 Å². The summed E-state index contributed by atoms with van der Waals surface area (Å²) >= 11 is -3.15. The Labute approximate surface area is 168 Å². The van der Waals surface area contributed by atoms with Crippen LogP contribution in [0.1, 0.15) is 44.9 Å². The second-order valence-electron chi connectivity index (χ2n) is 12.0. The molecule has 1 heterocycles. The third-order valence-corrected chi connectivity index (χ3v) is 46.4. The number of nitrogens with zero attached hydrogens (tertiary/aromatic N) is 1. The van der Waals surface area contributed by atoms with Gasteiger partial charge >= 0.3 is 169 Å². The van der Waals surface area contributed by atoms with Crippen molar-refractivity contribution in [3.05, 3.63) is 0 Å². The summed E-state index contributed by atoms with van der Waals surface area (Å²) in [7, 11) is 12.5. The second-order valence-corrected chi connectivity index (χ2v) is 37.2. The van der Waals surface area contributed by atoms with Crippen LogP contribution < -0.4 is 0 Å². The van der Waals surface area contributed by atoms with Crippen LogP contribution in [0.25, 0.3) is 0 Å². The molecule has 1 saturated heterocycles. The maximum atomic E-state index is 7.71. The van der Waals surface area contributed by atoms with Crippen molar-refractivity contribution in [1.29, 1.82) is 0 Å². The Balaban J connectivity index is 1.76.